The Kier molecular flexibility index (Phi) is 3.90. The second-order valence-electron chi connectivity index (χ2n) is 3.70. The summed E-state index contributed by atoms with van der Waals surface area (Å²) in [6.45, 7) is 3.94. The minimum Gasteiger partial charge on any atom is -0.381 e. The lowest BCUT2D eigenvalue weighted by Gasteiger charge is -2.19. The maximum absolute atomic E-state index is 10.1. The maximum atomic E-state index is 10.1. The van der Waals surface area contributed by atoms with Crippen LogP contribution in [-0.4, -0.2) is 5.11 Å². The third-order valence-electron chi connectivity index (χ3n) is 2.26. The van der Waals surface area contributed by atoms with E-state index < -0.39 is 5.60 Å². The standard InChI is InChI=1S/C13H18O/c1-3-4-8-11-13(2,14)12-9-6-5-7-10-12/h5-11,14H,3-4H2,1-2H3/b11-8+. The van der Waals surface area contributed by atoms with Crippen LogP contribution >= 0.6 is 0 Å². The molecule has 0 aliphatic carbocycles. The molecule has 0 amide bonds. The summed E-state index contributed by atoms with van der Waals surface area (Å²) in [5, 5.41) is 10.1. The normalized spacial score (nSPS) is 15.6. The van der Waals surface area contributed by atoms with Crippen LogP contribution in [-0.2, 0) is 5.60 Å². The molecule has 1 aromatic rings. The fraction of sp³-hybridized carbons (Fsp3) is 0.385. The Bertz CT molecular complexity index is 285. The number of hydrogen-bond donors (Lipinski definition) is 1. The molecule has 0 aliphatic heterocycles. The van der Waals surface area contributed by atoms with Gasteiger partial charge in [-0.25, -0.2) is 0 Å². The molecular weight excluding hydrogens is 172 g/mol. The van der Waals surface area contributed by atoms with Gasteiger partial charge in [0.15, 0.2) is 0 Å². The van der Waals surface area contributed by atoms with Crippen LogP contribution in [0.15, 0.2) is 42.5 Å². The minimum atomic E-state index is -0.837. The summed E-state index contributed by atoms with van der Waals surface area (Å²) in [6.07, 6.45) is 6.03. The van der Waals surface area contributed by atoms with Crippen LogP contribution in [0.25, 0.3) is 0 Å². The average Bonchev–Trinajstić information content (AvgIpc) is 2.19. The lowest BCUT2D eigenvalue weighted by Crippen LogP contribution is -2.17. The van der Waals surface area contributed by atoms with Gasteiger partial charge in [0.05, 0.1) is 0 Å². The molecule has 14 heavy (non-hydrogen) atoms. The van der Waals surface area contributed by atoms with Gasteiger partial charge in [0.2, 0.25) is 0 Å². The molecule has 0 aromatic heterocycles. The van der Waals surface area contributed by atoms with Crippen LogP contribution in [0, 0.1) is 0 Å². The summed E-state index contributed by atoms with van der Waals surface area (Å²) in [6, 6.07) is 9.72. The fourth-order valence-electron chi connectivity index (χ4n) is 1.35. The summed E-state index contributed by atoms with van der Waals surface area (Å²) in [5.41, 5.74) is 0.100. The molecule has 1 rings (SSSR count). The first-order valence-electron chi connectivity index (χ1n) is 5.12. The van der Waals surface area contributed by atoms with E-state index in [9.17, 15) is 5.11 Å². The number of unbranched alkanes of at least 4 members (excludes halogenated alkanes) is 1. The number of hydrogen-bond acceptors (Lipinski definition) is 1. The Morgan fingerprint density at radius 3 is 2.50 bits per heavy atom. The Balaban J connectivity index is 2.75. The van der Waals surface area contributed by atoms with Crippen molar-refractivity contribution in [3.8, 4) is 0 Å². The van der Waals surface area contributed by atoms with Crippen molar-refractivity contribution in [1.82, 2.24) is 0 Å². The zero-order valence-corrected chi connectivity index (χ0v) is 8.90. The van der Waals surface area contributed by atoms with Crippen molar-refractivity contribution in [3.05, 3.63) is 48.0 Å². The second-order valence-corrected chi connectivity index (χ2v) is 3.70. The number of aliphatic hydroxyl groups is 1. The first-order valence-corrected chi connectivity index (χ1v) is 5.12. The summed E-state index contributed by atoms with van der Waals surface area (Å²) >= 11 is 0. The first-order chi connectivity index (χ1) is 6.67. The number of benzene rings is 1. The van der Waals surface area contributed by atoms with Gasteiger partial charge < -0.3 is 5.11 Å². The molecular formula is C13H18O. The first kappa shape index (κ1) is 11.0. The van der Waals surface area contributed by atoms with Crippen molar-refractivity contribution < 1.29 is 5.11 Å². The summed E-state index contributed by atoms with van der Waals surface area (Å²) < 4.78 is 0. The predicted octanol–water partition coefficient (Wildman–Crippen LogP) is 3.25. The molecule has 1 aromatic carbocycles. The van der Waals surface area contributed by atoms with Crippen molar-refractivity contribution >= 4 is 0 Å². The van der Waals surface area contributed by atoms with E-state index in [1.165, 1.54) is 0 Å². The third-order valence-corrected chi connectivity index (χ3v) is 2.26. The Morgan fingerprint density at radius 1 is 1.29 bits per heavy atom. The maximum Gasteiger partial charge on any atom is 0.105 e. The molecule has 0 radical (unpaired) electrons. The zero-order chi connectivity index (χ0) is 10.4. The molecule has 0 fully saturated rings. The van der Waals surface area contributed by atoms with E-state index in [2.05, 4.69) is 6.92 Å². The molecule has 0 bridgehead atoms. The van der Waals surface area contributed by atoms with Gasteiger partial charge in [0, 0.05) is 0 Å². The highest BCUT2D eigenvalue weighted by molar-refractivity contribution is 5.25. The van der Waals surface area contributed by atoms with Crippen LogP contribution in [0.4, 0.5) is 0 Å². The predicted molar refractivity (Wildman–Crippen MR) is 60.1 cm³/mol. The minimum absolute atomic E-state index is 0.837. The van der Waals surface area contributed by atoms with Crippen LogP contribution < -0.4 is 0 Å². The third kappa shape index (κ3) is 3.00. The van der Waals surface area contributed by atoms with Gasteiger partial charge in [-0.05, 0) is 18.9 Å². The Labute approximate surface area is 86.1 Å². The van der Waals surface area contributed by atoms with E-state index in [-0.39, 0.29) is 0 Å². The molecule has 0 saturated heterocycles. The highest BCUT2D eigenvalue weighted by Crippen LogP contribution is 2.21. The number of allylic oxidation sites excluding steroid dienone is 1. The number of rotatable bonds is 4. The molecule has 76 valence electrons. The largest absolute Gasteiger partial charge is 0.381 e. The zero-order valence-electron chi connectivity index (χ0n) is 8.90. The van der Waals surface area contributed by atoms with Crippen LogP contribution in [0.1, 0.15) is 32.3 Å². The molecule has 1 nitrogen and oxygen atoms in total. The molecule has 1 N–H and O–H groups in total. The molecule has 0 saturated carbocycles. The lowest BCUT2D eigenvalue weighted by atomic mass is 9.95. The van der Waals surface area contributed by atoms with Crippen molar-refractivity contribution in [2.45, 2.75) is 32.3 Å². The molecule has 0 aliphatic rings. The van der Waals surface area contributed by atoms with Crippen molar-refractivity contribution in [2.24, 2.45) is 0 Å². The Hall–Kier alpha value is -1.08. The van der Waals surface area contributed by atoms with Crippen LogP contribution in [0.2, 0.25) is 0 Å². The van der Waals surface area contributed by atoms with E-state index in [0.29, 0.717) is 0 Å². The van der Waals surface area contributed by atoms with Crippen LogP contribution in [0.5, 0.6) is 0 Å². The van der Waals surface area contributed by atoms with Gasteiger partial charge >= 0.3 is 0 Å². The summed E-state index contributed by atoms with van der Waals surface area (Å²) in [7, 11) is 0. The second kappa shape index (κ2) is 4.97. The van der Waals surface area contributed by atoms with Crippen LogP contribution in [0.3, 0.4) is 0 Å². The molecule has 1 atom stereocenters. The molecule has 1 heteroatoms. The van der Waals surface area contributed by atoms with E-state index in [1.54, 1.807) is 0 Å². The summed E-state index contributed by atoms with van der Waals surface area (Å²) in [4.78, 5) is 0. The SMILES string of the molecule is CCC/C=C/C(C)(O)c1ccccc1. The van der Waals surface area contributed by atoms with Gasteiger partial charge in [0.1, 0.15) is 5.60 Å². The van der Waals surface area contributed by atoms with Crippen molar-refractivity contribution in [3.63, 3.8) is 0 Å². The van der Waals surface area contributed by atoms with E-state index in [4.69, 9.17) is 0 Å². The van der Waals surface area contributed by atoms with Crippen molar-refractivity contribution in [2.75, 3.05) is 0 Å². The smallest absolute Gasteiger partial charge is 0.105 e. The van der Waals surface area contributed by atoms with Gasteiger partial charge in [-0.2, -0.15) is 0 Å². The Morgan fingerprint density at radius 2 is 1.93 bits per heavy atom. The molecule has 1 unspecified atom stereocenters. The van der Waals surface area contributed by atoms with Gasteiger partial charge in [-0.1, -0.05) is 55.8 Å². The van der Waals surface area contributed by atoms with E-state index in [1.807, 2.05) is 49.4 Å². The van der Waals surface area contributed by atoms with E-state index >= 15 is 0 Å². The average molecular weight is 190 g/mol. The molecule has 0 heterocycles. The van der Waals surface area contributed by atoms with Gasteiger partial charge in [0.25, 0.3) is 0 Å². The molecule has 0 spiro atoms. The highest BCUT2D eigenvalue weighted by atomic mass is 16.3. The topological polar surface area (TPSA) is 20.2 Å². The monoisotopic (exact) mass is 190 g/mol. The lowest BCUT2D eigenvalue weighted by molar-refractivity contribution is 0.111. The summed E-state index contributed by atoms with van der Waals surface area (Å²) in [5.74, 6) is 0. The fourth-order valence-corrected chi connectivity index (χ4v) is 1.35. The van der Waals surface area contributed by atoms with E-state index in [0.717, 1.165) is 18.4 Å². The van der Waals surface area contributed by atoms with Gasteiger partial charge in [-0.15, -0.1) is 0 Å². The highest BCUT2D eigenvalue weighted by Gasteiger charge is 2.17. The van der Waals surface area contributed by atoms with Crippen molar-refractivity contribution in [1.29, 1.82) is 0 Å². The van der Waals surface area contributed by atoms with Gasteiger partial charge in [-0.3, -0.25) is 0 Å². The quantitative estimate of drug-likeness (QED) is 0.722.